The number of halogens is 1. The molecule has 1 saturated heterocycles. The van der Waals surface area contributed by atoms with E-state index in [2.05, 4.69) is 20.0 Å². The molecule has 2 aromatic heterocycles. The van der Waals surface area contributed by atoms with Crippen molar-refractivity contribution >= 4 is 17.4 Å². The Hall–Kier alpha value is -2.44. The number of aromatic nitrogens is 3. The number of β-amino-alcohol motifs (C(OH)–C–C–N with tert-alkyl or cyclic N) is 1. The fourth-order valence-electron chi connectivity index (χ4n) is 2.95. The molecule has 25 heavy (non-hydrogen) atoms. The first kappa shape index (κ1) is 16.1. The van der Waals surface area contributed by atoms with E-state index in [1.807, 2.05) is 24.3 Å². The summed E-state index contributed by atoms with van der Waals surface area (Å²) in [7, 11) is 0. The van der Waals surface area contributed by atoms with Crippen LogP contribution in [0.3, 0.4) is 0 Å². The summed E-state index contributed by atoms with van der Waals surface area (Å²) in [6.45, 7) is 1.52. The summed E-state index contributed by atoms with van der Waals surface area (Å²) in [6.07, 6.45) is 3.25. The van der Waals surface area contributed by atoms with Crippen LogP contribution in [0.25, 0.3) is 22.8 Å². The molecule has 0 unspecified atom stereocenters. The lowest BCUT2D eigenvalue weighted by Gasteiger charge is -2.30. The topological polar surface area (TPSA) is 75.3 Å². The fourth-order valence-corrected chi connectivity index (χ4v) is 3.14. The minimum Gasteiger partial charge on any atom is -0.391 e. The van der Waals surface area contributed by atoms with Crippen LogP contribution in [-0.4, -0.2) is 39.4 Å². The molecule has 3 heterocycles. The Morgan fingerprint density at radius 3 is 2.88 bits per heavy atom. The molecule has 4 rings (SSSR count). The van der Waals surface area contributed by atoms with E-state index in [1.165, 1.54) is 0 Å². The number of aliphatic hydroxyl groups excluding tert-OH is 1. The molecule has 0 bridgehead atoms. The average molecular weight is 357 g/mol. The predicted molar refractivity (Wildman–Crippen MR) is 95.4 cm³/mol. The number of nitrogens with zero attached hydrogens (tertiary/aromatic N) is 4. The lowest BCUT2D eigenvalue weighted by atomic mass is 10.1. The molecule has 1 fully saturated rings. The van der Waals surface area contributed by atoms with Gasteiger partial charge in [0, 0.05) is 29.9 Å². The van der Waals surface area contributed by atoms with E-state index in [-0.39, 0.29) is 6.10 Å². The first-order valence-electron chi connectivity index (χ1n) is 8.18. The molecule has 7 heteroatoms. The minimum absolute atomic E-state index is 0.286. The number of pyridine rings is 1. The number of anilines is 1. The van der Waals surface area contributed by atoms with E-state index in [0.717, 1.165) is 36.3 Å². The third-order valence-electron chi connectivity index (χ3n) is 4.22. The van der Waals surface area contributed by atoms with Gasteiger partial charge in [-0.05, 0) is 37.1 Å². The summed E-state index contributed by atoms with van der Waals surface area (Å²) in [5.41, 5.74) is 1.55. The van der Waals surface area contributed by atoms with Crippen LogP contribution in [0.5, 0.6) is 0 Å². The third kappa shape index (κ3) is 3.50. The molecule has 1 aromatic carbocycles. The molecule has 0 saturated carbocycles. The number of hydrogen-bond donors (Lipinski definition) is 1. The van der Waals surface area contributed by atoms with Crippen molar-refractivity contribution < 1.29 is 9.63 Å². The quantitative estimate of drug-likeness (QED) is 0.775. The van der Waals surface area contributed by atoms with Gasteiger partial charge in [-0.15, -0.1) is 0 Å². The SMILES string of the molecule is O[C@@H]1CCCN(c2ccc(-c3nc(-c4cccc(Cl)c4)no3)cn2)C1. The van der Waals surface area contributed by atoms with E-state index < -0.39 is 0 Å². The summed E-state index contributed by atoms with van der Waals surface area (Å²) in [5.74, 6) is 1.74. The number of aliphatic hydroxyl groups is 1. The van der Waals surface area contributed by atoms with Gasteiger partial charge in [0.15, 0.2) is 0 Å². The fraction of sp³-hybridized carbons (Fsp3) is 0.278. The van der Waals surface area contributed by atoms with Crippen LogP contribution >= 0.6 is 11.6 Å². The van der Waals surface area contributed by atoms with E-state index in [9.17, 15) is 5.11 Å². The Bertz CT molecular complexity index is 866. The van der Waals surface area contributed by atoms with Crippen molar-refractivity contribution in [3.63, 3.8) is 0 Å². The Morgan fingerprint density at radius 1 is 1.20 bits per heavy atom. The maximum atomic E-state index is 9.79. The van der Waals surface area contributed by atoms with E-state index in [0.29, 0.717) is 23.3 Å². The van der Waals surface area contributed by atoms with Gasteiger partial charge in [-0.1, -0.05) is 28.9 Å². The van der Waals surface area contributed by atoms with Crippen molar-refractivity contribution in [2.75, 3.05) is 18.0 Å². The van der Waals surface area contributed by atoms with Crippen LogP contribution in [-0.2, 0) is 0 Å². The molecule has 1 aliphatic rings. The average Bonchev–Trinajstić information content (AvgIpc) is 3.12. The Kier molecular flexibility index (Phi) is 4.38. The molecular weight excluding hydrogens is 340 g/mol. The summed E-state index contributed by atoms with van der Waals surface area (Å²) in [4.78, 5) is 11.0. The summed E-state index contributed by atoms with van der Waals surface area (Å²) in [6, 6.07) is 11.1. The zero-order valence-electron chi connectivity index (χ0n) is 13.5. The van der Waals surface area contributed by atoms with Gasteiger partial charge in [-0.3, -0.25) is 0 Å². The first-order chi connectivity index (χ1) is 12.2. The highest BCUT2D eigenvalue weighted by Crippen LogP contribution is 2.25. The highest BCUT2D eigenvalue weighted by molar-refractivity contribution is 6.30. The highest BCUT2D eigenvalue weighted by Gasteiger charge is 2.19. The zero-order chi connectivity index (χ0) is 17.2. The molecule has 0 amide bonds. The zero-order valence-corrected chi connectivity index (χ0v) is 14.2. The molecule has 0 spiro atoms. The molecule has 0 aliphatic carbocycles. The van der Waals surface area contributed by atoms with E-state index in [1.54, 1.807) is 18.3 Å². The second-order valence-electron chi connectivity index (χ2n) is 6.08. The van der Waals surface area contributed by atoms with Crippen molar-refractivity contribution in [2.24, 2.45) is 0 Å². The van der Waals surface area contributed by atoms with Crippen LogP contribution in [0.4, 0.5) is 5.82 Å². The maximum Gasteiger partial charge on any atom is 0.259 e. The van der Waals surface area contributed by atoms with Crippen molar-refractivity contribution in [3.8, 4) is 22.8 Å². The van der Waals surface area contributed by atoms with Crippen molar-refractivity contribution in [1.29, 1.82) is 0 Å². The van der Waals surface area contributed by atoms with Crippen molar-refractivity contribution in [2.45, 2.75) is 18.9 Å². The number of piperidine rings is 1. The largest absolute Gasteiger partial charge is 0.391 e. The van der Waals surface area contributed by atoms with Crippen LogP contribution in [0, 0.1) is 0 Å². The highest BCUT2D eigenvalue weighted by atomic mass is 35.5. The first-order valence-corrected chi connectivity index (χ1v) is 8.56. The maximum absolute atomic E-state index is 9.79. The standard InChI is InChI=1S/C18H17ClN4O2/c19-14-4-1-3-12(9-14)17-21-18(25-22-17)13-6-7-16(20-10-13)23-8-2-5-15(24)11-23/h1,3-4,6-7,9-10,15,24H,2,5,8,11H2/t15-/m1/s1. The third-order valence-corrected chi connectivity index (χ3v) is 4.46. The Morgan fingerprint density at radius 2 is 2.12 bits per heavy atom. The molecule has 0 radical (unpaired) electrons. The Balaban J connectivity index is 1.54. The predicted octanol–water partition coefficient (Wildman–Crippen LogP) is 3.41. The normalized spacial score (nSPS) is 17.7. The van der Waals surface area contributed by atoms with Crippen LogP contribution in [0.15, 0.2) is 47.1 Å². The monoisotopic (exact) mass is 356 g/mol. The second-order valence-corrected chi connectivity index (χ2v) is 6.52. The number of benzene rings is 1. The summed E-state index contributed by atoms with van der Waals surface area (Å²) >= 11 is 6.00. The van der Waals surface area contributed by atoms with Crippen molar-refractivity contribution in [1.82, 2.24) is 15.1 Å². The van der Waals surface area contributed by atoms with E-state index >= 15 is 0 Å². The summed E-state index contributed by atoms with van der Waals surface area (Å²) < 4.78 is 5.35. The molecule has 1 aliphatic heterocycles. The molecule has 6 nitrogen and oxygen atoms in total. The van der Waals surface area contributed by atoms with Gasteiger partial charge < -0.3 is 14.5 Å². The molecule has 1 N–H and O–H groups in total. The van der Waals surface area contributed by atoms with Gasteiger partial charge in [-0.25, -0.2) is 4.98 Å². The molecule has 3 aromatic rings. The second kappa shape index (κ2) is 6.82. The van der Waals surface area contributed by atoms with E-state index in [4.69, 9.17) is 16.1 Å². The van der Waals surface area contributed by atoms with Gasteiger partial charge >= 0.3 is 0 Å². The molecule has 1 atom stereocenters. The van der Waals surface area contributed by atoms with Crippen LogP contribution in [0.2, 0.25) is 5.02 Å². The van der Waals surface area contributed by atoms with Gasteiger partial charge in [0.25, 0.3) is 5.89 Å². The lowest BCUT2D eigenvalue weighted by molar-refractivity contribution is 0.154. The van der Waals surface area contributed by atoms with Crippen molar-refractivity contribution in [3.05, 3.63) is 47.6 Å². The summed E-state index contributed by atoms with van der Waals surface area (Å²) in [5, 5.41) is 14.4. The molecule has 128 valence electrons. The lowest BCUT2D eigenvalue weighted by Crippen LogP contribution is -2.38. The van der Waals surface area contributed by atoms with Crippen LogP contribution < -0.4 is 4.90 Å². The van der Waals surface area contributed by atoms with Gasteiger partial charge in [-0.2, -0.15) is 4.98 Å². The van der Waals surface area contributed by atoms with Gasteiger partial charge in [0.2, 0.25) is 5.82 Å². The number of rotatable bonds is 3. The van der Waals surface area contributed by atoms with Gasteiger partial charge in [0.1, 0.15) is 5.82 Å². The number of hydrogen-bond acceptors (Lipinski definition) is 6. The van der Waals surface area contributed by atoms with Gasteiger partial charge in [0.05, 0.1) is 11.7 Å². The smallest absolute Gasteiger partial charge is 0.259 e. The van der Waals surface area contributed by atoms with Crippen LogP contribution in [0.1, 0.15) is 12.8 Å². The Labute approximate surface area is 150 Å². The minimum atomic E-state index is -0.286. The molecular formula is C18H17ClN4O2.